The average molecular weight is 240 g/mol. The topological polar surface area (TPSA) is 83.5 Å². The molecule has 0 bridgehead atoms. The van der Waals surface area contributed by atoms with E-state index in [0.29, 0.717) is 16.5 Å². The van der Waals surface area contributed by atoms with Crippen molar-refractivity contribution >= 4 is 34.8 Å². The fourth-order valence-electron chi connectivity index (χ4n) is 1.54. The number of carboxylic acid groups (broad SMARTS) is 1. The number of halogens is 1. The number of benzene rings is 2. The molecule has 0 aromatic heterocycles. The van der Waals surface area contributed by atoms with Crippen molar-refractivity contribution in [2.75, 3.05) is 5.73 Å². The van der Waals surface area contributed by atoms with Crippen LogP contribution in [0.2, 0.25) is 0 Å². The largest absolute Gasteiger partial charge is 0.506 e. The first-order valence-electron chi connectivity index (χ1n) is 4.34. The summed E-state index contributed by atoms with van der Waals surface area (Å²) in [6, 6.07) is 7.93. The van der Waals surface area contributed by atoms with Gasteiger partial charge in [-0.3, -0.25) is 0 Å². The molecule has 5 heteroatoms. The van der Waals surface area contributed by atoms with E-state index in [1.165, 1.54) is 6.07 Å². The molecule has 4 N–H and O–H groups in total. The zero-order valence-corrected chi connectivity index (χ0v) is 8.99. The van der Waals surface area contributed by atoms with Gasteiger partial charge < -0.3 is 15.9 Å². The summed E-state index contributed by atoms with van der Waals surface area (Å²) in [5.74, 6) is -1.40. The zero-order chi connectivity index (χ0) is 11.0. The third-order valence-electron chi connectivity index (χ3n) is 2.30. The number of nitrogens with two attached hydrogens (primary N) is 1. The molecule has 2 aromatic carbocycles. The number of aromatic hydroxyl groups is 1. The normalized spacial score (nSPS) is 9.75. The van der Waals surface area contributed by atoms with Crippen LogP contribution in [0, 0.1) is 0 Å². The Hall–Kier alpha value is -1.94. The van der Waals surface area contributed by atoms with Gasteiger partial charge in [0.15, 0.2) is 0 Å². The Bertz CT molecular complexity index is 554. The van der Waals surface area contributed by atoms with E-state index in [1.54, 1.807) is 24.3 Å². The minimum absolute atomic E-state index is 0. The summed E-state index contributed by atoms with van der Waals surface area (Å²) in [5.41, 5.74) is 6.09. The maximum Gasteiger partial charge on any atom is 0.339 e. The number of phenols is 1. The zero-order valence-electron chi connectivity index (χ0n) is 8.18. The molecule has 2 aromatic rings. The summed E-state index contributed by atoms with van der Waals surface area (Å²) in [6.45, 7) is 0. The second-order valence-corrected chi connectivity index (χ2v) is 3.21. The minimum Gasteiger partial charge on any atom is -0.506 e. The molecule has 0 aliphatic carbocycles. The summed E-state index contributed by atoms with van der Waals surface area (Å²) in [5, 5.41) is 19.6. The highest BCUT2D eigenvalue weighted by molar-refractivity contribution is 6.03. The van der Waals surface area contributed by atoms with Crippen molar-refractivity contribution in [3.63, 3.8) is 0 Å². The second kappa shape index (κ2) is 4.28. The van der Waals surface area contributed by atoms with Crippen molar-refractivity contribution in [3.05, 3.63) is 35.9 Å². The van der Waals surface area contributed by atoms with E-state index in [9.17, 15) is 9.90 Å². The average Bonchev–Trinajstić information content (AvgIpc) is 2.19. The molecule has 0 amide bonds. The van der Waals surface area contributed by atoms with Crippen LogP contribution >= 0.6 is 12.4 Å². The molecule has 0 heterocycles. The van der Waals surface area contributed by atoms with Crippen molar-refractivity contribution in [1.82, 2.24) is 0 Å². The summed E-state index contributed by atoms with van der Waals surface area (Å²) < 4.78 is 0. The molecule has 0 spiro atoms. The van der Waals surface area contributed by atoms with Gasteiger partial charge in [0.25, 0.3) is 0 Å². The molecule has 0 saturated carbocycles. The van der Waals surface area contributed by atoms with Gasteiger partial charge in [0, 0.05) is 16.5 Å². The summed E-state index contributed by atoms with van der Waals surface area (Å²) >= 11 is 0. The van der Waals surface area contributed by atoms with Crippen molar-refractivity contribution in [3.8, 4) is 5.75 Å². The number of rotatable bonds is 1. The van der Waals surface area contributed by atoms with Gasteiger partial charge in [0.05, 0.1) is 0 Å². The molecule has 4 nitrogen and oxygen atoms in total. The van der Waals surface area contributed by atoms with Gasteiger partial charge in [-0.15, -0.1) is 12.4 Å². The molecule has 84 valence electrons. The lowest BCUT2D eigenvalue weighted by Gasteiger charge is -2.06. The van der Waals surface area contributed by atoms with Crippen LogP contribution in [0.15, 0.2) is 30.3 Å². The SMILES string of the molecule is Cl.Nc1cccc2c(O)c(C(=O)O)ccc12. The van der Waals surface area contributed by atoms with Gasteiger partial charge in [-0.05, 0) is 12.1 Å². The Morgan fingerprint density at radius 1 is 1.12 bits per heavy atom. The molecule has 0 saturated heterocycles. The molecule has 0 unspecified atom stereocenters. The molecule has 0 fully saturated rings. The summed E-state index contributed by atoms with van der Waals surface area (Å²) in [7, 11) is 0. The van der Waals surface area contributed by atoms with E-state index in [1.807, 2.05) is 0 Å². The van der Waals surface area contributed by atoms with E-state index in [0.717, 1.165) is 0 Å². The predicted molar refractivity (Wildman–Crippen MR) is 64.2 cm³/mol. The summed E-state index contributed by atoms with van der Waals surface area (Å²) in [6.07, 6.45) is 0. The highest BCUT2D eigenvalue weighted by Crippen LogP contribution is 2.31. The maximum atomic E-state index is 10.8. The molecule has 0 atom stereocenters. The molecule has 0 aliphatic rings. The van der Waals surface area contributed by atoms with E-state index in [-0.39, 0.29) is 23.7 Å². The van der Waals surface area contributed by atoms with Gasteiger partial charge in [-0.2, -0.15) is 0 Å². The lowest BCUT2D eigenvalue weighted by molar-refractivity contribution is 0.0694. The minimum atomic E-state index is -1.16. The number of hydrogen-bond donors (Lipinski definition) is 3. The van der Waals surface area contributed by atoms with Crippen molar-refractivity contribution in [2.45, 2.75) is 0 Å². The Labute approximate surface area is 97.7 Å². The third-order valence-corrected chi connectivity index (χ3v) is 2.30. The van der Waals surface area contributed by atoms with Gasteiger partial charge in [0.1, 0.15) is 11.3 Å². The van der Waals surface area contributed by atoms with Crippen LogP contribution < -0.4 is 5.73 Å². The fraction of sp³-hybridized carbons (Fsp3) is 0. The van der Waals surface area contributed by atoms with Gasteiger partial charge in [-0.25, -0.2) is 4.79 Å². The molecule has 0 radical (unpaired) electrons. The van der Waals surface area contributed by atoms with Crippen LogP contribution in [0.5, 0.6) is 5.75 Å². The lowest BCUT2D eigenvalue weighted by Crippen LogP contribution is -1.97. The Balaban J connectivity index is 0.00000128. The van der Waals surface area contributed by atoms with Crippen molar-refractivity contribution < 1.29 is 15.0 Å². The van der Waals surface area contributed by atoms with Crippen LogP contribution in [0.4, 0.5) is 5.69 Å². The number of nitrogen functional groups attached to an aromatic ring is 1. The molecule has 0 aliphatic heterocycles. The Morgan fingerprint density at radius 2 is 1.81 bits per heavy atom. The fourth-order valence-corrected chi connectivity index (χ4v) is 1.54. The Morgan fingerprint density at radius 3 is 2.44 bits per heavy atom. The number of anilines is 1. The first-order valence-corrected chi connectivity index (χ1v) is 4.34. The van der Waals surface area contributed by atoms with E-state index < -0.39 is 5.97 Å². The number of carboxylic acids is 1. The second-order valence-electron chi connectivity index (χ2n) is 3.21. The van der Waals surface area contributed by atoms with E-state index in [2.05, 4.69) is 0 Å². The van der Waals surface area contributed by atoms with E-state index >= 15 is 0 Å². The number of fused-ring (bicyclic) bond motifs is 1. The number of aromatic carboxylic acids is 1. The van der Waals surface area contributed by atoms with Crippen LogP contribution in [-0.4, -0.2) is 16.2 Å². The van der Waals surface area contributed by atoms with Crippen molar-refractivity contribution in [1.29, 1.82) is 0 Å². The van der Waals surface area contributed by atoms with E-state index in [4.69, 9.17) is 10.8 Å². The highest BCUT2D eigenvalue weighted by atomic mass is 35.5. The molecular formula is C11H10ClNO3. The Kier molecular flexibility index (Phi) is 3.25. The number of hydrogen-bond acceptors (Lipinski definition) is 3. The van der Waals surface area contributed by atoms with Gasteiger partial charge in [0.2, 0.25) is 0 Å². The summed E-state index contributed by atoms with van der Waals surface area (Å²) in [4.78, 5) is 10.8. The number of carbonyl (C=O) groups is 1. The standard InChI is InChI=1S/C11H9NO3.ClH/c12-9-3-1-2-7-6(9)4-5-8(10(7)13)11(14)15;/h1-5,13H,12H2,(H,14,15);1H. The first kappa shape index (κ1) is 12.1. The quantitative estimate of drug-likeness (QED) is 0.667. The smallest absolute Gasteiger partial charge is 0.339 e. The maximum absolute atomic E-state index is 10.8. The third kappa shape index (κ3) is 1.75. The van der Waals surface area contributed by atoms with Crippen LogP contribution in [0.1, 0.15) is 10.4 Å². The molecular weight excluding hydrogens is 230 g/mol. The monoisotopic (exact) mass is 239 g/mol. The molecule has 2 rings (SSSR count). The van der Waals surface area contributed by atoms with Gasteiger partial charge in [-0.1, -0.05) is 18.2 Å². The first-order chi connectivity index (χ1) is 7.11. The van der Waals surface area contributed by atoms with Crippen molar-refractivity contribution in [2.24, 2.45) is 0 Å². The van der Waals surface area contributed by atoms with Crippen LogP contribution in [0.3, 0.4) is 0 Å². The lowest BCUT2D eigenvalue weighted by atomic mass is 10.0. The van der Waals surface area contributed by atoms with Gasteiger partial charge >= 0.3 is 5.97 Å². The predicted octanol–water partition coefficient (Wildman–Crippen LogP) is 2.25. The van der Waals surface area contributed by atoms with Crippen LogP contribution in [-0.2, 0) is 0 Å². The highest BCUT2D eigenvalue weighted by Gasteiger charge is 2.12. The molecule has 16 heavy (non-hydrogen) atoms. The van der Waals surface area contributed by atoms with Crippen LogP contribution in [0.25, 0.3) is 10.8 Å².